The van der Waals surface area contributed by atoms with Crippen molar-refractivity contribution in [2.75, 3.05) is 7.11 Å². The van der Waals surface area contributed by atoms with Crippen molar-refractivity contribution in [1.29, 1.82) is 0 Å². The summed E-state index contributed by atoms with van der Waals surface area (Å²) in [4.78, 5) is 30.2. The van der Waals surface area contributed by atoms with E-state index in [0.29, 0.717) is 33.6 Å². The first-order chi connectivity index (χ1) is 12.5. The number of ketones is 1. The van der Waals surface area contributed by atoms with Gasteiger partial charge in [0.1, 0.15) is 0 Å². The number of carbonyl (C=O) groups excluding carboxylic acids is 2. The van der Waals surface area contributed by atoms with Crippen molar-refractivity contribution in [3.05, 3.63) is 75.4 Å². The average molecular weight is 408 g/mol. The zero-order valence-electron chi connectivity index (χ0n) is 14.2. The van der Waals surface area contributed by atoms with Crippen LogP contribution in [0.15, 0.2) is 53.0 Å². The van der Waals surface area contributed by atoms with E-state index in [2.05, 4.69) is 20.9 Å². The molecule has 0 unspecified atom stereocenters. The number of esters is 1. The van der Waals surface area contributed by atoms with Gasteiger partial charge in [-0.2, -0.15) is 0 Å². The number of nitrogens with zero attached hydrogens (tertiary/aromatic N) is 1. The van der Waals surface area contributed by atoms with E-state index in [0.717, 1.165) is 15.6 Å². The molecular formula is C21H14BrNO3. The fraction of sp³-hybridized carbons (Fsp3) is 0.0952. The van der Waals surface area contributed by atoms with E-state index < -0.39 is 5.97 Å². The lowest BCUT2D eigenvalue weighted by atomic mass is 9.92. The highest BCUT2D eigenvalue weighted by Crippen LogP contribution is 2.43. The molecule has 1 aromatic heterocycles. The fourth-order valence-electron chi connectivity index (χ4n) is 3.43. The maximum Gasteiger partial charge on any atom is 0.340 e. The molecule has 0 saturated heterocycles. The molecule has 0 spiro atoms. The van der Waals surface area contributed by atoms with Crippen molar-refractivity contribution in [1.82, 2.24) is 4.98 Å². The van der Waals surface area contributed by atoms with E-state index in [-0.39, 0.29) is 5.78 Å². The molecule has 0 N–H and O–H groups in total. The van der Waals surface area contributed by atoms with Crippen LogP contribution in [0.2, 0.25) is 0 Å². The third-order valence-electron chi connectivity index (χ3n) is 4.53. The summed E-state index contributed by atoms with van der Waals surface area (Å²) in [6.07, 6.45) is 0. The highest BCUT2D eigenvalue weighted by molar-refractivity contribution is 9.10. The number of rotatable bonds is 2. The lowest BCUT2D eigenvalue weighted by Gasteiger charge is -2.15. The van der Waals surface area contributed by atoms with Gasteiger partial charge in [-0.25, -0.2) is 4.79 Å². The average Bonchev–Trinajstić information content (AvgIpc) is 2.92. The van der Waals surface area contributed by atoms with Crippen molar-refractivity contribution in [2.45, 2.75) is 6.92 Å². The molecule has 3 aromatic rings. The third-order valence-corrected chi connectivity index (χ3v) is 5.03. The number of fused-ring (bicyclic) bond motifs is 3. The van der Waals surface area contributed by atoms with Gasteiger partial charge >= 0.3 is 5.97 Å². The Balaban J connectivity index is 2.14. The lowest BCUT2D eigenvalue weighted by molar-refractivity contribution is 0.0600. The van der Waals surface area contributed by atoms with Gasteiger partial charge in [-0.1, -0.05) is 52.3 Å². The summed E-state index contributed by atoms with van der Waals surface area (Å²) >= 11 is 3.46. The second kappa shape index (κ2) is 6.18. The molecule has 0 bridgehead atoms. The van der Waals surface area contributed by atoms with Crippen LogP contribution in [0, 0.1) is 6.92 Å². The molecule has 4 rings (SSSR count). The number of hydrogen-bond donors (Lipinski definition) is 0. The number of hydrogen-bond acceptors (Lipinski definition) is 4. The maximum atomic E-state index is 13.1. The Morgan fingerprint density at radius 1 is 1.04 bits per heavy atom. The summed E-state index contributed by atoms with van der Waals surface area (Å²) in [5, 5.41) is 0. The van der Waals surface area contributed by atoms with E-state index in [1.54, 1.807) is 13.0 Å². The smallest absolute Gasteiger partial charge is 0.340 e. The number of methoxy groups -OCH3 is 1. The van der Waals surface area contributed by atoms with Gasteiger partial charge in [0.2, 0.25) is 0 Å². The molecular weight excluding hydrogens is 394 g/mol. The first-order valence-electron chi connectivity index (χ1n) is 8.06. The molecule has 128 valence electrons. The highest BCUT2D eigenvalue weighted by Gasteiger charge is 2.35. The summed E-state index contributed by atoms with van der Waals surface area (Å²) in [6.45, 7) is 1.76. The second-order valence-corrected chi connectivity index (χ2v) is 6.96. The molecule has 0 amide bonds. The molecule has 2 aromatic carbocycles. The SMILES string of the molecule is COC(=O)c1c(C)nc2c(c1-c1cccc(Br)c1)C(=O)c1ccccc1-2. The highest BCUT2D eigenvalue weighted by atomic mass is 79.9. The maximum absolute atomic E-state index is 13.1. The van der Waals surface area contributed by atoms with E-state index in [1.165, 1.54) is 7.11 Å². The van der Waals surface area contributed by atoms with E-state index in [1.807, 2.05) is 42.5 Å². The normalized spacial score (nSPS) is 11.9. The number of benzene rings is 2. The van der Waals surface area contributed by atoms with Crippen LogP contribution in [0.25, 0.3) is 22.4 Å². The van der Waals surface area contributed by atoms with Crippen LogP contribution in [0.5, 0.6) is 0 Å². The molecule has 0 fully saturated rings. The zero-order chi connectivity index (χ0) is 18.4. The molecule has 4 nitrogen and oxygen atoms in total. The van der Waals surface area contributed by atoms with Gasteiger partial charge in [-0.3, -0.25) is 9.78 Å². The van der Waals surface area contributed by atoms with Crippen molar-refractivity contribution < 1.29 is 14.3 Å². The van der Waals surface area contributed by atoms with Crippen LogP contribution < -0.4 is 0 Å². The zero-order valence-corrected chi connectivity index (χ0v) is 15.8. The van der Waals surface area contributed by atoms with Gasteiger partial charge in [0, 0.05) is 21.2 Å². The van der Waals surface area contributed by atoms with Crippen LogP contribution in [0.4, 0.5) is 0 Å². The van der Waals surface area contributed by atoms with Gasteiger partial charge in [0.15, 0.2) is 5.78 Å². The van der Waals surface area contributed by atoms with E-state index in [4.69, 9.17) is 4.74 Å². The second-order valence-electron chi connectivity index (χ2n) is 6.05. The monoisotopic (exact) mass is 407 g/mol. The Morgan fingerprint density at radius 2 is 1.77 bits per heavy atom. The first-order valence-corrected chi connectivity index (χ1v) is 8.85. The standard InChI is InChI=1S/C21H14BrNO3/c1-11-16(21(25)26-2)17(12-6-5-7-13(22)10-12)18-19(23-11)14-8-3-4-9-15(14)20(18)24/h3-10H,1-2H3. The van der Waals surface area contributed by atoms with Crippen molar-refractivity contribution >= 4 is 27.7 Å². The van der Waals surface area contributed by atoms with E-state index >= 15 is 0 Å². The Kier molecular flexibility index (Phi) is 3.96. The third kappa shape index (κ3) is 2.39. The number of aryl methyl sites for hydroxylation is 1. The Morgan fingerprint density at radius 3 is 2.46 bits per heavy atom. The number of ether oxygens (including phenoxy) is 1. The van der Waals surface area contributed by atoms with Crippen molar-refractivity contribution in [2.24, 2.45) is 0 Å². The van der Waals surface area contributed by atoms with Crippen LogP contribution >= 0.6 is 15.9 Å². The molecule has 0 aliphatic heterocycles. The molecule has 0 atom stereocenters. The topological polar surface area (TPSA) is 56.3 Å². The summed E-state index contributed by atoms with van der Waals surface area (Å²) < 4.78 is 5.84. The van der Waals surface area contributed by atoms with Crippen LogP contribution in [0.3, 0.4) is 0 Å². The molecule has 0 radical (unpaired) electrons. The summed E-state index contributed by atoms with van der Waals surface area (Å²) in [7, 11) is 1.33. The molecule has 1 aliphatic carbocycles. The largest absolute Gasteiger partial charge is 0.465 e. The van der Waals surface area contributed by atoms with Crippen LogP contribution in [0.1, 0.15) is 32.0 Å². The van der Waals surface area contributed by atoms with Gasteiger partial charge < -0.3 is 4.74 Å². The molecule has 0 saturated carbocycles. The number of pyridine rings is 1. The van der Waals surface area contributed by atoms with Crippen LogP contribution in [-0.2, 0) is 4.74 Å². The Hall–Kier alpha value is -2.79. The predicted molar refractivity (Wildman–Crippen MR) is 102 cm³/mol. The van der Waals surface area contributed by atoms with Crippen molar-refractivity contribution in [3.63, 3.8) is 0 Å². The van der Waals surface area contributed by atoms with Crippen LogP contribution in [-0.4, -0.2) is 23.8 Å². The Labute approximate surface area is 159 Å². The minimum atomic E-state index is -0.503. The lowest BCUT2D eigenvalue weighted by Crippen LogP contribution is -2.12. The molecule has 1 heterocycles. The fourth-order valence-corrected chi connectivity index (χ4v) is 3.83. The molecule has 1 aliphatic rings. The summed E-state index contributed by atoms with van der Waals surface area (Å²) in [5.41, 5.74) is 4.67. The Bertz CT molecular complexity index is 1090. The predicted octanol–water partition coefficient (Wildman–Crippen LogP) is 4.82. The van der Waals surface area contributed by atoms with Gasteiger partial charge in [0.05, 0.1) is 29.6 Å². The summed E-state index contributed by atoms with van der Waals surface area (Å²) in [6, 6.07) is 14.9. The van der Waals surface area contributed by atoms with Gasteiger partial charge in [-0.15, -0.1) is 0 Å². The van der Waals surface area contributed by atoms with Gasteiger partial charge in [-0.05, 0) is 24.6 Å². The number of halogens is 1. The first kappa shape index (κ1) is 16.7. The van der Waals surface area contributed by atoms with E-state index in [9.17, 15) is 9.59 Å². The quantitative estimate of drug-likeness (QED) is 0.447. The summed E-state index contributed by atoms with van der Waals surface area (Å²) in [5.74, 6) is -0.625. The van der Waals surface area contributed by atoms with Crippen molar-refractivity contribution in [3.8, 4) is 22.4 Å². The number of aromatic nitrogens is 1. The van der Waals surface area contributed by atoms with Gasteiger partial charge in [0.25, 0.3) is 0 Å². The minimum absolute atomic E-state index is 0.122. The molecule has 5 heteroatoms. The minimum Gasteiger partial charge on any atom is -0.465 e. The number of carbonyl (C=O) groups is 2. The molecule has 26 heavy (non-hydrogen) atoms.